The van der Waals surface area contributed by atoms with Crippen LogP contribution in [-0.2, 0) is 17.9 Å². The fourth-order valence-corrected chi connectivity index (χ4v) is 3.09. The fourth-order valence-electron chi connectivity index (χ4n) is 3.09. The number of hydrogen-bond acceptors (Lipinski definition) is 5. The zero-order chi connectivity index (χ0) is 22.1. The van der Waals surface area contributed by atoms with Crippen molar-refractivity contribution >= 4 is 17.6 Å². The van der Waals surface area contributed by atoms with E-state index in [-0.39, 0.29) is 30.6 Å². The van der Waals surface area contributed by atoms with Gasteiger partial charge < -0.3 is 20.1 Å². The Balaban J connectivity index is 1.73. The van der Waals surface area contributed by atoms with Gasteiger partial charge in [0.25, 0.3) is 11.8 Å². The van der Waals surface area contributed by atoms with Crippen LogP contribution in [0.3, 0.4) is 0 Å². The molecule has 1 aliphatic rings. The van der Waals surface area contributed by atoms with Gasteiger partial charge in [-0.15, -0.1) is 0 Å². The van der Waals surface area contributed by atoms with Gasteiger partial charge in [-0.25, -0.2) is 4.98 Å². The van der Waals surface area contributed by atoms with Gasteiger partial charge in [0.05, 0.1) is 6.54 Å². The number of hydrogen-bond donors (Lipinski definition) is 2. The van der Waals surface area contributed by atoms with E-state index < -0.39 is 24.8 Å². The molecule has 0 saturated heterocycles. The lowest BCUT2D eigenvalue weighted by atomic mass is 10.1. The number of carbonyl (C=O) groups is 2. The van der Waals surface area contributed by atoms with Crippen molar-refractivity contribution in [3.8, 4) is 5.75 Å². The summed E-state index contributed by atoms with van der Waals surface area (Å²) in [7, 11) is 0. The van der Waals surface area contributed by atoms with Crippen molar-refractivity contribution in [3.05, 3.63) is 52.7 Å². The number of carbonyl (C=O) groups excluding carboxylic acids is 2. The molecule has 1 aliphatic heterocycles. The second kappa shape index (κ2) is 8.31. The maximum atomic E-state index is 12.7. The van der Waals surface area contributed by atoms with E-state index in [0.29, 0.717) is 16.7 Å². The van der Waals surface area contributed by atoms with Gasteiger partial charge in [-0.1, -0.05) is 12.1 Å². The van der Waals surface area contributed by atoms with E-state index >= 15 is 0 Å². The van der Waals surface area contributed by atoms with Crippen molar-refractivity contribution in [1.29, 1.82) is 0 Å². The minimum atomic E-state index is -4.42. The lowest BCUT2D eigenvalue weighted by Gasteiger charge is -2.17. The highest BCUT2D eigenvalue weighted by Crippen LogP contribution is 2.30. The molecule has 2 aromatic rings. The Bertz CT molecular complexity index is 976. The van der Waals surface area contributed by atoms with Crippen LogP contribution in [0.25, 0.3) is 0 Å². The Morgan fingerprint density at radius 3 is 2.73 bits per heavy atom. The van der Waals surface area contributed by atoms with Gasteiger partial charge in [0, 0.05) is 23.9 Å². The number of nitrogens with zero attached hydrogens (tertiary/aromatic N) is 2. The monoisotopic (exact) mass is 423 g/mol. The van der Waals surface area contributed by atoms with Crippen LogP contribution < -0.4 is 10.1 Å². The number of nitrogens with one attached hydrogen (secondary N) is 1. The van der Waals surface area contributed by atoms with Crippen LogP contribution in [0.5, 0.6) is 5.75 Å². The molecule has 0 saturated carbocycles. The van der Waals surface area contributed by atoms with Crippen molar-refractivity contribution in [2.24, 2.45) is 0 Å². The summed E-state index contributed by atoms with van der Waals surface area (Å²) in [4.78, 5) is 30.1. The quantitative estimate of drug-likeness (QED) is 0.746. The summed E-state index contributed by atoms with van der Waals surface area (Å²) < 4.78 is 41.8. The van der Waals surface area contributed by atoms with Gasteiger partial charge in [-0.2, -0.15) is 13.2 Å². The Morgan fingerprint density at radius 1 is 1.37 bits per heavy atom. The smallest absolute Gasteiger partial charge is 0.422 e. The van der Waals surface area contributed by atoms with Crippen LogP contribution in [0.4, 0.5) is 19.0 Å². The highest BCUT2D eigenvalue weighted by molar-refractivity contribution is 6.01. The molecule has 2 N–H and O–H groups in total. The van der Waals surface area contributed by atoms with Crippen LogP contribution in [0.15, 0.2) is 30.5 Å². The predicted molar refractivity (Wildman–Crippen MR) is 101 cm³/mol. The molecule has 2 heterocycles. The number of fused-ring (bicyclic) bond motifs is 1. The van der Waals surface area contributed by atoms with Crippen molar-refractivity contribution in [2.45, 2.75) is 39.2 Å². The molecule has 7 nitrogen and oxygen atoms in total. The third kappa shape index (κ3) is 4.88. The van der Waals surface area contributed by atoms with E-state index in [2.05, 4.69) is 10.3 Å². The number of aryl methyl sites for hydroxylation is 1. The van der Waals surface area contributed by atoms with Crippen LogP contribution in [0, 0.1) is 6.92 Å². The lowest BCUT2D eigenvalue weighted by molar-refractivity contribution is -0.153. The molecule has 1 atom stereocenters. The summed E-state index contributed by atoms with van der Waals surface area (Å²) in [6.45, 7) is 1.99. The van der Waals surface area contributed by atoms with Crippen LogP contribution >= 0.6 is 0 Å². The summed E-state index contributed by atoms with van der Waals surface area (Å²) in [5.41, 5.74) is 2.18. The number of ether oxygens (including phenoxy) is 1. The summed E-state index contributed by atoms with van der Waals surface area (Å²) >= 11 is 0. The number of aliphatic hydroxyl groups is 1. The molecule has 0 aliphatic carbocycles. The summed E-state index contributed by atoms with van der Waals surface area (Å²) in [6, 6.07) is 6.26. The molecule has 1 unspecified atom stereocenters. The number of aliphatic hydroxyl groups excluding tert-OH is 1. The third-order valence-electron chi connectivity index (χ3n) is 4.55. The van der Waals surface area contributed by atoms with Crippen molar-refractivity contribution in [2.75, 3.05) is 11.9 Å². The summed E-state index contributed by atoms with van der Waals surface area (Å²) in [5, 5.41) is 11.9. The predicted octanol–water partition coefficient (Wildman–Crippen LogP) is 2.81. The number of aromatic nitrogens is 1. The molecule has 0 radical (unpaired) electrons. The van der Waals surface area contributed by atoms with E-state index in [0.717, 1.165) is 5.56 Å². The summed E-state index contributed by atoms with van der Waals surface area (Å²) in [5.74, 6) is -0.553. The highest BCUT2D eigenvalue weighted by Gasteiger charge is 2.31. The molecule has 10 heteroatoms. The number of alkyl halides is 3. The van der Waals surface area contributed by atoms with E-state index in [9.17, 15) is 27.9 Å². The standard InChI is InChI=1S/C20H20F3N3O4/c1-11-7-13(3-4-16(11)30-10-20(21,22)23)8-26-9-15-14(19(26)29)5-6-24-17(15)25-18(28)12(2)27/h3-7,12,27H,8-10H2,1-2H3,(H,24,25,28). The average molecular weight is 423 g/mol. The van der Waals surface area contributed by atoms with E-state index in [4.69, 9.17) is 4.74 Å². The first-order valence-corrected chi connectivity index (χ1v) is 9.10. The zero-order valence-electron chi connectivity index (χ0n) is 16.3. The first-order chi connectivity index (χ1) is 14.0. The average Bonchev–Trinajstić information content (AvgIpc) is 2.97. The minimum absolute atomic E-state index is 0.124. The number of amides is 2. The zero-order valence-corrected chi connectivity index (χ0v) is 16.3. The minimum Gasteiger partial charge on any atom is -0.484 e. The number of pyridine rings is 1. The maximum Gasteiger partial charge on any atom is 0.422 e. The molecule has 0 spiro atoms. The SMILES string of the molecule is Cc1cc(CN2Cc3c(ccnc3NC(=O)C(C)O)C2=O)ccc1OCC(F)(F)F. The maximum absolute atomic E-state index is 12.7. The summed E-state index contributed by atoms with van der Waals surface area (Å²) in [6.07, 6.45) is -4.25. The lowest BCUT2D eigenvalue weighted by Crippen LogP contribution is -2.26. The largest absolute Gasteiger partial charge is 0.484 e. The highest BCUT2D eigenvalue weighted by atomic mass is 19.4. The number of benzene rings is 1. The molecule has 0 bridgehead atoms. The van der Waals surface area contributed by atoms with Gasteiger partial charge in [0.2, 0.25) is 0 Å². The first-order valence-electron chi connectivity index (χ1n) is 9.10. The Kier molecular flexibility index (Phi) is 5.97. The second-order valence-corrected chi connectivity index (χ2v) is 7.02. The van der Waals surface area contributed by atoms with Gasteiger partial charge in [0.15, 0.2) is 6.61 Å². The van der Waals surface area contributed by atoms with Gasteiger partial charge in [-0.05, 0) is 37.1 Å². The first kappa shape index (κ1) is 21.6. The molecule has 1 aromatic carbocycles. The number of rotatable bonds is 6. The molecular weight excluding hydrogens is 403 g/mol. The third-order valence-corrected chi connectivity index (χ3v) is 4.55. The van der Waals surface area contributed by atoms with Gasteiger partial charge in [0.1, 0.15) is 17.7 Å². The van der Waals surface area contributed by atoms with Crippen molar-refractivity contribution in [3.63, 3.8) is 0 Å². The van der Waals surface area contributed by atoms with Crippen LogP contribution in [0.2, 0.25) is 0 Å². The molecule has 3 rings (SSSR count). The topological polar surface area (TPSA) is 91.8 Å². The van der Waals surface area contributed by atoms with Gasteiger partial charge >= 0.3 is 6.18 Å². The molecule has 160 valence electrons. The number of anilines is 1. The Hall–Kier alpha value is -3.14. The van der Waals surface area contributed by atoms with E-state index in [1.54, 1.807) is 25.1 Å². The molecular formula is C20H20F3N3O4. The van der Waals surface area contributed by atoms with Crippen LogP contribution in [0.1, 0.15) is 34.0 Å². The normalized spacial score (nSPS) is 14.5. The Labute approximate surface area is 170 Å². The van der Waals surface area contributed by atoms with Crippen LogP contribution in [-0.4, -0.2) is 45.7 Å². The molecule has 1 aromatic heterocycles. The van der Waals surface area contributed by atoms with Crippen molar-refractivity contribution < 1.29 is 32.6 Å². The molecule has 30 heavy (non-hydrogen) atoms. The Morgan fingerprint density at radius 2 is 2.10 bits per heavy atom. The second-order valence-electron chi connectivity index (χ2n) is 7.02. The van der Waals surface area contributed by atoms with E-state index in [1.807, 2.05) is 0 Å². The fraction of sp³-hybridized carbons (Fsp3) is 0.350. The van der Waals surface area contributed by atoms with E-state index in [1.165, 1.54) is 24.1 Å². The molecule has 0 fully saturated rings. The van der Waals surface area contributed by atoms with Crippen molar-refractivity contribution in [1.82, 2.24) is 9.88 Å². The van der Waals surface area contributed by atoms with Gasteiger partial charge in [-0.3, -0.25) is 9.59 Å². The number of halogens is 3. The molecule has 2 amide bonds.